The predicted molar refractivity (Wildman–Crippen MR) is 118 cm³/mol. The minimum Gasteiger partial charge on any atom is -0.507 e. The van der Waals surface area contributed by atoms with Crippen molar-refractivity contribution in [2.45, 2.75) is 26.7 Å². The highest BCUT2D eigenvalue weighted by Gasteiger charge is 2.28. The van der Waals surface area contributed by atoms with Crippen molar-refractivity contribution < 1.29 is 14.7 Å². The summed E-state index contributed by atoms with van der Waals surface area (Å²) in [5.74, 6) is -1.44. The highest BCUT2D eigenvalue weighted by Crippen LogP contribution is 2.39. The Morgan fingerprint density at radius 1 is 1.19 bits per heavy atom. The van der Waals surface area contributed by atoms with Crippen LogP contribution in [-0.2, 0) is 9.59 Å². The lowest BCUT2D eigenvalue weighted by atomic mass is 9.74. The number of aliphatic imine (C=N–C) groups is 1. The fraction of sp³-hybridized carbons (Fsp3) is 0.208. The molecule has 1 aliphatic carbocycles. The summed E-state index contributed by atoms with van der Waals surface area (Å²) in [5.41, 5.74) is 7.91. The summed E-state index contributed by atoms with van der Waals surface area (Å²) in [7, 11) is 0. The first-order valence-electron chi connectivity index (χ1n) is 9.78. The number of benzene rings is 1. The molecule has 0 saturated carbocycles. The molecule has 3 rings (SSSR count). The molecule has 0 bridgehead atoms. The molecule has 160 valence electrons. The number of rotatable bonds is 4. The van der Waals surface area contributed by atoms with Gasteiger partial charge in [0.05, 0.1) is 0 Å². The average Bonchev–Trinajstić information content (AvgIpc) is 2.97. The number of phenols is 1. The van der Waals surface area contributed by atoms with Crippen LogP contribution in [0, 0.1) is 28.1 Å². The van der Waals surface area contributed by atoms with Crippen LogP contribution in [0.2, 0.25) is 0 Å². The van der Waals surface area contributed by atoms with Gasteiger partial charge in [-0.3, -0.25) is 14.9 Å². The Morgan fingerprint density at radius 3 is 2.53 bits per heavy atom. The van der Waals surface area contributed by atoms with E-state index in [9.17, 15) is 25.2 Å². The molecule has 0 radical (unpaired) electrons. The summed E-state index contributed by atoms with van der Waals surface area (Å²) in [6.45, 7) is 4.17. The van der Waals surface area contributed by atoms with E-state index in [1.165, 1.54) is 12.3 Å². The van der Waals surface area contributed by atoms with Gasteiger partial charge in [0.25, 0.3) is 11.8 Å². The van der Waals surface area contributed by atoms with Gasteiger partial charge in [0.15, 0.2) is 5.70 Å². The van der Waals surface area contributed by atoms with Crippen molar-refractivity contribution in [1.82, 2.24) is 5.32 Å². The number of imide groups is 1. The smallest absolute Gasteiger partial charge is 0.279 e. The highest BCUT2D eigenvalue weighted by atomic mass is 16.3. The van der Waals surface area contributed by atoms with Crippen LogP contribution in [0.3, 0.4) is 0 Å². The van der Waals surface area contributed by atoms with Crippen LogP contribution in [0.5, 0.6) is 5.75 Å². The van der Waals surface area contributed by atoms with E-state index in [1.807, 2.05) is 35.7 Å². The second-order valence-corrected chi connectivity index (χ2v) is 8.32. The first kappa shape index (κ1) is 22.3. The van der Waals surface area contributed by atoms with Crippen LogP contribution >= 0.6 is 0 Å². The Kier molecular flexibility index (Phi) is 6.08. The maximum Gasteiger partial charge on any atom is 0.279 e. The maximum absolute atomic E-state index is 11.7. The number of phenolic OH excluding ortho intramolecular Hbond substituents is 1. The summed E-state index contributed by atoms with van der Waals surface area (Å²) in [6.07, 6.45) is 8.32. The Hall–Kier alpha value is -4.43. The first-order valence-corrected chi connectivity index (χ1v) is 9.78. The summed E-state index contributed by atoms with van der Waals surface area (Å²) in [5, 5.41) is 30.6. The molecule has 1 aliphatic heterocycles. The van der Waals surface area contributed by atoms with E-state index in [1.54, 1.807) is 12.1 Å². The number of nitrogens with one attached hydrogen (secondary N) is 1. The van der Waals surface area contributed by atoms with Crippen LogP contribution in [0.25, 0.3) is 6.08 Å². The molecule has 0 atom stereocenters. The fourth-order valence-electron chi connectivity index (χ4n) is 3.60. The quantitative estimate of drug-likeness (QED) is 0.382. The number of carbonyl (C=O) groups excluding carboxylic acids is 2. The molecule has 0 fully saturated rings. The second-order valence-electron chi connectivity index (χ2n) is 8.32. The summed E-state index contributed by atoms with van der Waals surface area (Å²) >= 11 is 0. The van der Waals surface area contributed by atoms with E-state index in [0.29, 0.717) is 12.0 Å². The van der Waals surface area contributed by atoms with Gasteiger partial charge in [-0.05, 0) is 47.1 Å². The predicted octanol–water partition coefficient (Wildman–Crippen LogP) is 2.74. The van der Waals surface area contributed by atoms with Crippen molar-refractivity contribution in [3.63, 3.8) is 0 Å². The van der Waals surface area contributed by atoms with Gasteiger partial charge in [0, 0.05) is 11.8 Å². The van der Waals surface area contributed by atoms with Crippen LogP contribution in [0.4, 0.5) is 0 Å². The SMILES string of the molecule is CC1(C)CC(/C=C/c2ccc(O)c(C=NC3=C(N)C(=O)NC3=O)c2)=CC(=C(C#N)C#N)C1. The summed E-state index contributed by atoms with van der Waals surface area (Å²) in [4.78, 5) is 27.1. The largest absolute Gasteiger partial charge is 0.507 e. The standard InChI is InChI=1S/C24H21N5O3/c1-24(2)9-15(8-16(10-24)18(11-25)12-26)4-3-14-5-6-19(30)17(7-14)13-28-21-20(27)22(31)29-23(21)32/h3-8,13,30H,9-10H2,1-2H3,(H3,27,29,31,32)/b4-3+,28-13?. The van der Waals surface area contributed by atoms with Crippen LogP contribution in [0.15, 0.2) is 63.5 Å². The molecule has 1 aromatic rings. The maximum atomic E-state index is 11.7. The third kappa shape index (κ3) is 4.82. The number of carbonyl (C=O) groups is 2. The van der Waals surface area contributed by atoms with E-state index in [2.05, 4.69) is 18.8 Å². The lowest BCUT2D eigenvalue weighted by Crippen LogP contribution is -2.24. The zero-order valence-corrected chi connectivity index (χ0v) is 17.6. The highest BCUT2D eigenvalue weighted by molar-refractivity contribution is 6.19. The first-order chi connectivity index (χ1) is 15.1. The Morgan fingerprint density at radius 2 is 1.91 bits per heavy atom. The van der Waals surface area contributed by atoms with Crippen LogP contribution in [-0.4, -0.2) is 23.1 Å². The lowest BCUT2D eigenvalue weighted by Gasteiger charge is -2.30. The van der Waals surface area contributed by atoms with E-state index < -0.39 is 11.8 Å². The van der Waals surface area contributed by atoms with Crippen molar-refractivity contribution in [2.24, 2.45) is 16.1 Å². The molecular formula is C24H21N5O3. The molecule has 32 heavy (non-hydrogen) atoms. The van der Waals surface area contributed by atoms with Crippen molar-refractivity contribution in [3.05, 3.63) is 69.6 Å². The van der Waals surface area contributed by atoms with Crippen molar-refractivity contribution in [2.75, 3.05) is 0 Å². The zero-order valence-electron chi connectivity index (χ0n) is 17.6. The van der Waals surface area contributed by atoms with Gasteiger partial charge in [-0.25, -0.2) is 4.99 Å². The topological polar surface area (TPSA) is 152 Å². The van der Waals surface area contributed by atoms with E-state index in [4.69, 9.17) is 5.73 Å². The van der Waals surface area contributed by atoms with Gasteiger partial charge in [0.1, 0.15) is 29.2 Å². The molecule has 8 nitrogen and oxygen atoms in total. The van der Waals surface area contributed by atoms with Gasteiger partial charge in [0.2, 0.25) is 0 Å². The third-order valence-corrected chi connectivity index (χ3v) is 5.07. The van der Waals surface area contributed by atoms with Gasteiger partial charge in [-0.1, -0.05) is 38.1 Å². The minimum absolute atomic E-state index is 0.0503. The van der Waals surface area contributed by atoms with Gasteiger partial charge >= 0.3 is 0 Å². The number of nitrogens with zero attached hydrogens (tertiary/aromatic N) is 3. The molecule has 8 heteroatoms. The number of hydrogen-bond acceptors (Lipinski definition) is 7. The van der Waals surface area contributed by atoms with Crippen molar-refractivity contribution >= 4 is 24.1 Å². The Labute approximate surface area is 185 Å². The molecule has 0 unspecified atom stereocenters. The molecule has 2 aliphatic rings. The number of nitriles is 2. The molecule has 0 spiro atoms. The monoisotopic (exact) mass is 427 g/mol. The Balaban J connectivity index is 1.89. The molecule has 0 aromatic heterocycles. The average molecular weight is 427 g/mol. The molecule has 4 N–H and O–H groups in total. The van der Waals surface area contributed by atoms with Crippen molar-refractivity contribution in [3.8, 4) is 17.9 Å². The normalized spacial score (nSPS) is 18.0. The molecule has 1 heterocycles. The molecule has 2 amide bonds. The van der Waals surface area contributed by atoms with Crippen LogP contribution < -0.4 is 11.1 Å². The summed E-state index contributed by atoms with van der Waals surface area (Å²) < 4.78 is 0. The number of allylic oxidation sites excluding steroid dienone is 5. The second kappa shape index (κ2) is 8.75. The third-order valence-electron chi connectivity index (χ3n) is 5.07. The van der Waals surface area contributed by atoms with Crippen LogP contribution in [0.1, 0.15) is 37.8 Å². The lowest BCUT2D eigenvalue weighted by molar-refractivity contribution is -0.124. The molecule has 0 saturated heterocycles. The number of aromatic hydroxyl groups is 1. The fourth-order valence-corrected chi connectivity index (χ4v) is 3.60. The minimum atomic E-state index is -0.698. The number of hydrogen-bond donors (Lipinski definition) is 3. The Bertz CT molecular complexity index is 1230. The van der Waals surface area contributed by atoms with E-state index >= 15 is 0 Å². The number of nitrogens with two attached hydrogens (primary N) is 1. The zero-order chi connectivity index (χ0) is 23.5. The van der Waals surface area contributed by atoms with Gasteiger partial charge in [-0.15, -0.1) is 0 Å². The van der Waals surface area contributed by atoms with E-state index in [-0.39, 0.29) is 28.1 Å². The summed E-state index contributed by atoms with van der Waals surface area (Å²) in [6, 6.07) is 8.79. The van der Waals surface area contributed by atoms with Crippen molar-refractivity contribution in [1.29, 1.82) is 10.5 Å². The molecular weight excluding hydrogens is 406 g/mol. The van der Waals surface area contributed by atoms with Gasteiger partial charge in [-0.2, -0.15) is 10.5 Å². The number of amides is 2. The van der Waals surface area contributed by atoms with E-state index in [0.717, 1.165) is 23.1 Å². The molecule has 1 aromatic carbocycles. The van der Waals surface area contributed by atoms with Gasteiger partial charge < -0.3 is 10.8 Å².